The molecule has 0 aliphatic heterocycles. The molecule has 0 N–H and O–H groups in total. The van der Waals surface area contributed by atoms with Crippen molar-refractivity contribution in [2.24, 2.45) is 0 Å². The fourth-order valence-electron chi connectivity index (χ4n) is 2.43. The van der Waals surface area contributed by atoms with Gasteiger partial charge in [0.25, 0.3) is 5.91 Å². The van der Waals surface area contributed by atoms with E-state index in [1.54, 1.807) is 34.5 Å². The third-order valence-corrected chi connectivity index (χ3v) is 4.31. The number of nitrogens with zero attached hydrogens (tertiary/aromatic N) is 4. The third kappa shape index (κ3) is 3.65. The molecular weight excluding hydrogens is 308 g/mol. The van der Waals surface area contributed by atoms with Crippen LogP contribution in [0.4, 0.5) is 0 Å². The van der Waals surface area contributed by atoms with E-state index in [2.05, 4.69) is 10.1 Å². The van der Waals surface area contributed by atoms with E-state index in [0.717, 1.165) is 10.6 Å². The van der Waals surface area contributed by atoms with Gasteiger partial charge < -0.3 is 4.90 Å². The molecule has 0 saturated carbocycles. The van der Waals surface area contributed by atoms with Crippen molar-refractivity contribution in [2.45, 2.75) is 26.6 Å². The maximum atomic E-state index is 13.0. The summed E-state index contributed by atoms with van der Waals surface area (Å²) in [6, 6.07) is 11.8. The molecule has 0 atom stereocenters. The number of aryl methyl sites for hydroxylation is 1. The minimum Gasteiger partial charge on any atom is -0.326 e. The molecule has 118 valence electrons. The van der Waals surface area contributed by atoms with Crippen molar-refractivity contribution in [3.63, 3.8) is 0 Å². The van der Waals surface area contributed by atoms with E-state index in [0.29, 0.717) is 25.3 Å². The minimum absolute atomic E-state index is 0.0246. The molecule has 2 heterocycles. The lowest BCUT2D eigenvalue weighted by Crippen LogP contribution is -2.31. The summed E-state index contributed by atoms with van der Waals surface area (Å²) in [4.78, 5) is 19.1. The summed E-state index contributed by atoms with van der Waals surface area (Å²) in [5, 5.41) is 7.05. The standard InChI is InChI=1S/C17H18N4OS/c1-2-21-15(8-9-19-21)17(22)20(13-16-18-10-11-23-16)12-14-6-4-3-5-7-14/h3-11H,2,12-13H2,1H3. The summed E-state index contributed by atoms with van der Waals surface area (Å²) < 4.78 is 1.72. The van der Waals surface area contributed by atoms with Gasteiger partial charge in [-0.3, -0.25) is 9.48 Å². The SMILES string of the molecule is CCn1nccc1C(=O)N(Cc1ccccc1)Cc1nccs1. The van der Waals surface area contributed by atoms with Crippen LogP contribution < -0.4 is 0 Å². The minimum atomic E-state index is -0.0246. The molecule has 1 aromatic carbocycles. The highest BCUT2D eigenvalue weighted by Crippen LogP contribution is 2.15. The van der Waals surface area contributed by atoms with Crippen LogP contribution in [0.5, 0.6) is 0 Å². The Morgan fingerprint density at radius 2 is 2.00 bits per heavy atom. The number of benzene rings is 1. The smallest absolute Gasteiger partial charge is 0.272 e. The van der Waals surface area contributed by atoms with Crippen molar-refractivity contribution in [2.75, 3.05) is 0 Å². The fraction of sp³-hybridized carbons (Fsp3) is 0.235. The van der Waals surface area contributed by atoms with Gasteiger partial charge in [0.1, 0.15) is 10.7 Å². The first-order valence-corrected chi connectivity index (χ1v) is 8.39. The van der Waals surface area contributed by atoms with E-state index in [1.807, 2.05) is 47.5 Å². The van der Waals surface area contributed by atoms with Crippen molar-refractivity contribution >= 4 is 17.2 Å². The number of rotatable bonds is 6. The van der Waals surface area contributed by atoms with Gasteiger partial charge in [-0.05, 0) is 18.6 Å². The summed E-state index contributed by atoms with van der Waals surface area (Å²) >= 11 is 1.56. The molecule has 0 aliphatic carbocycles. The number of aromatic nitrogens is 3. The van der Waals surface area contributed by atoms with Crippen LogP contribution in [0.3, 0.4) is 0 Å². The van der Waals surface area contributed by atoms with Crippen molar-refractivity contribution < 1.29 is 4.79 Å². The maximum absolute atomic E-state index is 13.0. The van der Waals surface area contributed by atoms with Crippen LogP contribution in [-0.2, 0) is 19.6 Å². The first kappa shape index (κ1) is 15.4. The van der Waals surface area contributed by atoms with Gasteiger partial charge in [0.15, 0.2) is 0 Å². The first-order chi connectivity index (χ1) is 11.3. The maximum Gasteiger partial charge on any atom is 0.272 e. The van der Waals surface area contributed by atoms with Crippen LogP contribution in [-0.4, -0.2) is 25.6 Å². The predicted molar refractivity (Wildman–Crippen MR) is 90.0 cm³/mol. The largest absolute Gasteiger partial charge is 0.326 e. The van der Waals surface area contributed by atoms with Gasteiger partial charge in [-0.1, -0.05) is 30.3 Å². The topological polar surface area (TPSA) is 51.0 Å². The van der Waals surface area contributed by atoms with Gasteiger partial charge in [0, 0.05) is 30.9 Å². The molecule has 3 rings (SSSR count). The average molecular weight is 326 g/mol. The molecule has 0 saturated heterocycles. The van der Waals surface area contributed by atoms with Crippen LogP contribution in [0.2, 0.25) is 0 Å². The normalized spacial score (nSPS) is 10.7. The Labute approximate surface area is 139 Å². The van der Waals surface area contributed by atoms with Gasteiger partial charge in [-0.2, -0.15) is 5.10 Å². The Morgan fingerprint density at radius 1 is 1.17 bits per heavy atom. The summed E-state index contributed by atoms with van der Waals surface area (Å²) in [6.07, 6.45) is 3.43. The number of hydrogen-bond acceptors (Lipinski definition) is 4. The highest BCUT2D eigenvalue weighted by Gasteiger charge is 2.20. The van der Waals surface area contributed by atoms with Crippen LogP contribution in [0.25, 0.3) is 0 Å². The Hall–Kier alpha value is -2.47. The molecule has 5 nitrogen and oxygen atoms in total. The average Bonchev–Trinajstić information content (AvgIpc) is 3.25. The van der Waals surface area contributed by atoms with Crippen molar-refractivity contribution in [3.8, 4) is 0 Å². The molecule has 0 spiro atoms. The van der Waals surface area contributed by atoms with Crippen molar-refractivity contribution in [1.82, 2.24) is 19.7 Å². The van der Waals surface area contributed by atoms with Crippen molar-refractivity contribution in [1.29, 1.82) is 0 Å². The zero-order valence-electron chi connectivity index (χ0n) is 12.9. The van der Waals surface area contributed by atoms with Gasteiger partial charge in [-0.15, -0.1) is 11.3 Å². The second-order valence-electron chi connectivity index (χ2n) is 5.10. The second kappa shape index (κ2) is 7.19. The van der Waals surface area contributed by atoms with E-state index >= 15 is 0 Å². The summed E-state index contributed by atoms with van der Waals surface area (Å²) in [7, 11) is 0. The highest BCUT2D eigenvalue weighted by atomic mass is 32.1. The molecule has 0 radical (unpaired) electrons. The van der Waals surface area contributed by atoms with Gasteiger partial charge in [0.05, 0.1) is 6.54 Å². The lowest BCUT2D eigenvalue weighted by atomic mass is 10.2. The van der Waals surface area contributed by atoms with Gasteiger partial charge in [0.2, 0.25) is 0 Å². The number of thiazole rings is 1. The lowest BCUT2D eigenvalue weighted by Gasteiger charge is -2.22. The lowest BCUT2D eigenvalue weighted by molar-refractivity contribution is 0.0717. The highest BCUT2D eigenvalue weighted by molar-refractivity contribution is 7.09. The number of carbonyl (C=O) groups is 1. The van der Waals surface area contributed by atoms with E-state index < -0.39 is 0 Å². The molecular formula is C17H18N4OS. The summed E-state index contributed by atoms with van der Waals surface area (Å²) in [6.45, 7) is 3.70. The third-order valence-electron chi connectivity index (χ3n) is 3.55. The molecule has 1 amide bonds. The van der Waals surface area contributed by atoms with Gasteiger partial charge in [-0.25, -0.2) is 4.98 Å². The van der Waals surface area contributed by atoms with E-state index in [1.165, 1.54) is 0 Å². The Kier molecular flexibility index (Phi) is 4.83. The van der Waals surface area contributed by atoms with Crippen LogP contribution in [0, 0.1) is 0 Å². The quantitative estimate of drug-likeness (QED) is 0.699. The van der Waals surface area contributed by atoms with Crippen LogP contribution in [0.1, 0.15) is 28.0 Å². The van der Waals surface area contributed by atoms with E-state index in [4.69, 9.17) is 0 Å². The second-order valence-corrected chi connectivity index (χ2v) is 6.08. The molecule has 0 fully saturated rings. The Balaban J connectivity index is 1.86. The number of carbonyl (C=O) groups excluding carboxylic acids is 1. The molecule has 2 aromatic heterocycles. The van der Waals surface area contributed by atoms with Crippen LogP contribution >= 0.6 is 11.3 Å². The first-order valence-electron chi connectivity index (χ1n) is 7.51. The molecule has 3 aromatic rings. The Morgan fingerprint density at radius 3 is 2.70 bits per heavy atom. The summed E-state index contributed by atoms with van der Waals surface area (Å²) in [5.74, 6) is -0.0246. The zero-order chi connectivity index (χ0) is 16.1. The molecule has 0 aliphatic rings. The monoisotopic (exact) mass is 326 g/mol. The van der Waals surface area contributed by atoms with Gasteiger partial charge >= 0.3 is 0 Å². The summed E-state index contributed by atoms with van der Waals surface area (Å²) in [5.41, 5.74) is 1.71. The zero-order valence-corrected chi connectivity index (χ0v) is 13.7. The van der Waals surface area contributed by atoms with Crippen LogP contribution in [0.15, 0.2) is 54.2 Å². The van der Waals surface area contributed by atoms with E-state index in [-0.39, 0.29) is 5.91 Å². The fourth-order valence-corrected chi connectivity index (χ4v) is 3.06. The van der Waals surface area contributed by atoms with E-state index in [9.17, 15) is 4.79 Å². The number of amides is 1. The Bertz CT molecular complexity index is 752. The number of hydrogen-bond donors (Lipinski definition) is 0. The predicted octanol–water partition coefficient (Wildman–Crippen LogP) is 3.20. The molecule has 0 unspecified atom stereocenters. The molecule has 23 heavy (non-hydrogen) atoms. The molecule has 6 heteroatoms. The van der Waals surface area contributed by atoms with Crippen molar-refractivity contribution in [3.05, 3.63) is 70.4 Å². The molecule has 0 bridgehead atoms.